The summed E-state index contributed by atoms with van der Waals surface area (Å²) in [4.78, 5) is 160. The summed E-state index contributed by atoms with van der Waals surface area (Å²) in [5.41, 5.74) is 14.3. The second kappa shape index (κ2) is 35.3. The molecule has 0 unspecified atom stereocenters. The number of nitrogens with zero attached hydrogens (tertiary/aromatic N) is 1. The molecule has 0 radical (unpaired) electrons. The van der Waals surface area contributed by atoms with Crippen LogP contribution in [-0.2, 0) is 78.4 Å². The summed E-state index contributed by atoms with van der Waals surface area (Å²) in [6, 6.07) is 13.3. The van der Waals surface area contributed by atoms with E-state index in [1.54, 1.807) is 116 Å². The number of likely N-dealkylation sites (N-methyl/N-ethyl adjacent to an activating group) is 1. The highest BCUT2D eigenvalue weighted by Crippen LogP contribution is 2.22. The van der Waals surface area contributed by atoms with Gasteiger partial charge >= 0.3 is 5.97 Å². The van der Waals surface area contributed by atoms with Gasteiger partial charge in [0.15, 0.2) is 0 Å². The van der Waals surface area contributed by atoms with Gasteiger partial charge in [0.05, 0.1) is 12.5 Å². The number of aliphatic carboxylic acids is 1. The lowest BCUT2D eigenvalue weighted by atomic mass is 9.94. The van der Waals surface area contributed by atoms with Crippen molar-refractivity contribution < 1.29 is 68.1 Å². The lowest BCUT2D eigenvalue weighted by molar-refractivity contribution is -0.144. The molecule has 0 saturated heterocycles. The molecule has 0 fully saturated rings. The van der Waals surface area contributed by atoms with Crippen LogP contribution in [0.4, 0.5) is 0 Å². The molecule has 508 valence electrons. The maximum atomic E-state index is 15.0. The summed E-state index contributed by atoms with van der Waals surface area (Å²) in [7, 11) is 1.41. The Bertz CT molecular complexity index is 3430. The minimum absolute atomic E-state index is 0.0228. The first kappa shape index (κ1) is 74.9. The summed E-state index contributed by atoms with van der Waals surface area (Å²) in [6.45, 7) is 15.1. The quantitative estimate of drug-likeness (QED) is 0.0277. The minimum atomic E-state index is -1.85. The summed E-state index contributed by atoms with van der Waals surface area (Å²) < 4.78 is 0. The van der Waals surface area contributed by atoms with Gasteiger partial charge in [0, 0.05) is 49.8 Å². The van der Waals surface area contributed by atoms with Gasteiger partial charge in [0.2, 0.25) is 59.1 Å². The molecule has 94 heavy (non-hydrogen) atoms. The van der Waals surface area contributed by atoms with Crippen molar-refractivity contribution in [1.29, 1.82) is 0 Å². The van der Waals surface area contributed by atoms with Gasteiger partial charge in [-0.2, -0.15) is 0 Å². The predicted octanol–water partition coefficient (Wildman–Crippen LogP) is 2.27. The van der Waals surface area contributed by atoms with Gasteiger partial charge in [-0.15, -0.1) is 0 Å². The fraction of sp³-hybridized carbons (Fsp3) is 0.456. The fourth-order valence-electron chi connectivity index (χ4n) is 10.5. The van der Waals surface area contributed by atoms with E-state index in [1.807, 2.05) is 0 Å². The van der Waals surface area contributed by atoms with Gasteiger partial charge < -0.3 is 79.2 Å². The number of carbonyl (C=O) groups excluding carboxylic acids is 10. The van der Waals surface area contributed by atoms with Crippen molar-refractivity contribution >= 4 is 75.9 Å². The van der Waals surface area contributed by atoms with Crippen LogP contribution in [0.3, 0.4) is 0 Å². The summed E-state index contributed by atoms with van der Waals surface area (Å²) in [5, 5.41) is 52.3. The molecule has 5 rings (SSSR count). The van der Waals surface area contributed by atoms with Gasteiger partial charge in [0.25, 0.3) is 0 Å². The number of primary amides is 1. The van der Waals surface area contributed by atoms with E-state index in [4.69, 9.17) is 11.5 Å². The van der Waals surface area contributed by atoms with Crippen LogP contribution in [0.25, 0.3) is 10.9 Å². The molecule has 26 heteroatoms. The molecule has 0 aliphatic rings. The number of carbonyl (C=O) groups is 11. The monoisotopic (exact) mass is 1300 g/mol. The molecule has 0 aliphatic carbocycles. The number of aromatic amines is 1. The molecular weight excluding hydrogens is 1210 g/mol. The summed E-state index contributed by atoms with van der Waals surface area (Å²) in [6.07, 6.45) is 0.694. The van der Waals surface area contributed by atoms with Crippen LogP contribution < -0.4 is 54.0 Å². The SMILES string of the molecule is CC[C@H](C)[C@H](NC(=O)[C@@H](NC(=O)[C@H](Cc1ccc(O)cc1)NC(=O)[C@H](Cc1ccc(O)cc1)NC(=O)[C@H](CC(N)=O)NC(=O)[C@H](Cc1c[nH]c2ccccc12)NC(=O)[C@@H](NC(=O)[C@H](Cc1ccccc1)N(C)C(=O)[C@@H](NC(=O)[C@H](C)N)C(C)C)C(C)C)[C@@H](C)CC)C(=O)O. The zero-order valence-electron chi connectivity index (χ0n) is 54.9. The number of hydrogen-bond acceptors (Lipinski definition) is 14. The predicted molar refractivity (Wildman–Crippen MR) is 351 cm³/mol. The van der Waals surface area contributed by atoms with Gasteiger partial charge in [0.1, 0.15) is 65.9 Å². The van der Waals surface area contributed by atoms with E-state index in [9.17, 15) is 63.3 Å². The second-order valence-corrected chi connectivity index (χ2v) is 24.7. The van der Waals surface area contributed by atoms with Crippen LogP contribution in [-0.4, -0.2) is 158 Å². The highest BCUT2D eigenvalue weighted by molar-refractivity contribution is 6.00. The van der Waals surface area contributed by atoms with E-state index < -0.39 is 156 Å². The first-order valence-corrected chi connectivity index (χ1v) is 31.5. The van der Waals surface area contributed by atoms with Crippen molar-refractivity contribution in [3.63, 3.8) is 0 Å². The zero-order chi connectivity index (χ0) is 69.7. The Labute approximate surface area is 547 Å². The molecule has 5 aromatic rings. The number of para-hydroxylation sites is 1. The standard InChI is InChI=1S/C68H92N12O14/c1-11-38(7)57(66(91)79-58(68(93)94)39(8)12-2)78-63(88)50(31-43-24-28-46(82)29-25-43)73-60(85)49(30-42-22-26-45(81)27-23-42)72-62(87)52(34-54(70)83)74-61(86)51(33-44-35-71-48-21-17-16-20-47(44)48)75-65(90)55(36(3)4)76-64(89)53(32-41-18-14-13-15-19-41)80(10)67(92)56(37(5)6)77-59(84)40(9)69/h13-29,35-40,49-53,55-58,71,81-82H,11-12,30-34,69H2,1-10H3,(H2,70,83)(H,72,87)(H,73,85)(H,74,86)(H,75,90)(H,76,89)(H,77,84)(H,78,88)(H,79,91)(H,93,94)/t38-,39-,40-,49-,50-,51-,52-,53-,55-,56-,57-,58-/m0/s1. The Morgan fingerprint density at radius 2 is 0.883 bits per heavy atom. The van der Waals surface area contributed by atoms with Crippen LogP contribution in [0.2, 0.25) is 0 Å². The highest BCUT2D eigenvalue weighted by atomic mass is 16.4. The third kappa shape index (κ3) is 21.6. The number of fused-ring (bicyclic) bond motifs is 1. The molecule has 4 aromatic carbocycles. The number of benzene rings is 4. The van der Waals surface area contributed by atoms with Crippen molar-refractivity contribution in [2.45, 2.75) is 168 Å². The number of amides is 10. The van der Waals surface area contributed by atoms with E-state index in [0.717, 1.165) is 0 Å². The maximum Gasteiger partial charge on any atom is 0.326 e. The molecule has 26 nitrogen and oxygen atoms in total. The van der Waals surface area contributed by atoms with Crippen molar-refractivity contribution in [2.24, 2.45) is 35.1 Å². The number of rotatable bonds is 35. The molecule has 0 saturated carbocycles. The smallest absolute Gasteiger partial charge is 0.326 e. The highest BCUT2D eigenvalue weighted by Gasteiger charge is 2.40. The minimum Gasteiger partial charge on any atom is -0.508 e. The van der Waals surface area contributed by atoms with Crippen LogP contribution in [0.15, 0.2) is 109 Å². The van der Waals surface area contributed by atoms with E-state index >= 15 is 4.79 Å². The second-order valence-electron chi connectivity index (χ2n) is 24.7. The van der Waals surface area contributed by atoms with Crippen molar-refractivity contribution in [1.82, 2.24) is 52.4 Å². The summed E-state index contributed by atoms with van der Waals surface area (Å²) >= 11 is 0. The lowest BCUT2D eigenvalue weighted by Crippen LogP contribution is -2.62. The van der Waals surface area contributed by atoms with Gasteiger partial charge in [-0.3, -0.25) is 47.9 Å². The lowest BCUT2D eigenvalue weighted by Gasteiger charge is -2.34. The number of H-pyrrole nitrogens is 1. The average Bonchev–Trinajstić information content (AvgIpc) is 1.73. The van der Waals surface area contributed by atoms with E-state index in [2.05, 4.69) is 47.5 Å². The topological polar surface area (TPSA) is 416 Å². The molecule has 0 spiro atoms. The van der Waals surface area contributed by atoms with Gasteiger partial charge in [-0.1, -0.05) is 141 Å². The van der Waals surface area contributed by atoms with Gasteiger partial charge in [-0.05, 0) is 83.2 Å². The van der Waals surface area contributed by atoms with E-state index in [-0.39, 0.29) is 37.2 Å². The number of aromatic hydroxyl groups is 2. The number of carboxylic acids is 1. The Morgan fingerprint density at radius 1 is 0.468 bits per heavy atom. The third-order valence-corrected chi connectivity index (χ3v) is 16.6. The molecule has 0 aliphatic heterocycles. The maximum absolute atomic E-state index is 15.0. The number of aromatic nitrogens is 1. The number of hydrogen-bond donors (Lipinski definition) is 14. The van der Waals surface area contributed by atoms with E-state index in [0.29, 0.717) is 46.0 Å². The molecule has 16 N–H and O–H groups in total. The zero-order valence-corrected chi connectivity index (χ0v) is 54.9. The van der Waals surface area contributed by atoms with Crippen LogP contribution in [0, 0.1) is 23.7 Å². The first-order valence-electron chi connectivity index (χ1n) is 31.5. The molecule has 1 aromatic heterocycles. The summed E-state index contributed by atoms with van der Waals surface area (Å²) in [5.74, 6) is -12.4. The van der Waals surface area contributed by atoms with Crippen LogP contribution >= 0.6 is 0 Å². The first-order chi connectivity index (χ1) is 44.4. The molecule has 0 bridgehead atoms. The number of carboxylic acid groups (broad SMARTS) is 1. The number of phenols is 2. The van der Waals surface area contributed by atoms with Gasteiger partial charge in [-0.25, -0.2) is 4.79 Å². The van der Waals surface area contributed by atoms with Crippen LogP contribution in [0.1, 0.15) is 104 Å². The molecular formula is C68H92N12O14. The molecule has 1 heterocycles. The van der Waals surface area contributed by atoms with E-state index in [1.165, 1.54) is 67.4 Å². The molecule has 12 atom stereocenters. The third-order valence-electron chi connectivity index (χ3n) is 16.6. The Balaban J connectivity index is 1.50. The Kier molecular flexibility index (Phi) is 28.1. The number of nitrogens with one attached hydrogen (secondary N) is 9. The molecule has 10 amide bonds. The fourth-order valence-corrected chi connectivity index (χ4v) is 10.5. The van der Waals surface area contributed by atoms with Crippen molar-refractivity contribution in [2.75, 3.05) is 7.05 Å². The van der Waals surface area contributed by atoms with Crippen molar-refractivity contribution in [3.05, 3.63) is 132 Å². The normalized spacial score (nSPS) is 15.2. The van der Waals surface area contributed by atoms with Crippen molar-refractivity contribution in [3.8, 4) is 11.5 Å². The Morgan fingerprint density at radius 3 is 1.38 bits per heavy atom. The number of nitrogens with two attached hydrogens (primary N) is 2. The number of phenolic OH excluding ortho intramolecular Hbond substituents is 2. The van der Waals surface area contributed by atoms with Crippen LogP contribution in [0.5, 0.6) is 11.5 Å². The Hall–Kier alpha value is -9.85. The largest absolute Gasteiger partial charge is 0.508 e. The average molecular weight is 1300 g/mol.